The van der Waals surface area contributed by atoms with Crippen molar-refractivity contribution in [2.24, 2.45) is 0 Å². The van der Waals surface area contributed by atoms with Gasteiger partial charge >= 0.3 is 0 Å². The van der Waals surface area contributed by atoms with Crippen LogP contribution in [0.3, 0.4) is 0 Å². The quantitative estimate of drug-likeness (QED) is 0.467. The molecule has 0 aliphatic carbocycles. The molecule has 0 atom stereocenters. The molecule has 6 heteroatoms. The Morgan fingerprint density at radius 1 is 0.903 bits per heavy atom. The number of aryl methyl sites for hydroxylation is 1. The standard InChI is InChI=1S/C25H26ClNO4/c1-3-28-24-12-20(14-27-13-18-7-8-22-23(11-18)31-16-30-22)10-21(26)25(24)29-15-19-6-4-5-17(2)9-19/h4-12,27H,3,13-16H2,1-2H3. The van der Waals surface area contributed by atoms with Crippen LogP contribution < -0.4 is 24.3 Å². The highest BCUT2D eigenvalue weighted by atomic mass is 35.5. The number of ether oxygens (including phenoxy) is 4. The van der Waals surface area contributed by atoms with Crippen molar-refractivity contribution in [3.8, 4) is 23.0 Å². The smallest absolute Gasteiger partial charge is 0.231 e. The molecule has 1 aliphatic heterocycles. The van der Waals surface area contributed by atoms with Crippen molar-refractivity contribution >= 4 is 11.6 Å². The van der Waals surface area contributed by atoms with Gasteiger partial charge in [-0.1, -0.05) is 47.5 Å². The molecule has 3 aromatic rings. The van der Waals surface area contributed by atoms with E-state index in [9.17, 15) is 0 Å². The van der Waals surface area contributed by atoms with Crippen LogP contribution >= 0.6 is 11.6 Å². The molecule has 5 nitrogen and oxygen atoms in total. The van der Waals surface area contributed by atoms with Crippen LogP contribution in [-0.2, 0) is 19.7 Å². The van der Waals surface area contributed by atoms with Crippen molar-refractivity contribution < 1.29 is 18.9 Å². The number of hydrogen-bond acceptors (Lipinski definition) is 5. The maximum Gasteiger partial charge on any atom is 0.231 e. The van der Waals surface area contributed by atoms with Gasteiger partial charge in [-0.2, -0.15) is 0 Å². The zero-order valence-corrected chi connectivity index (χ0v) is 18.5. The molecule has 4 rings (SSSR count). The number of rotatable bonds is 9. The number of fused-ring (bicyclic) bond motifs is 1. The average Bonchev–Trinajstić information content (AvgIpc) is 3.21. The van der Waals surface area contributed by atoms with E-state index in [0.29, 0.717) is 42.8 Å². The summed E-state index contributed by atoms with van der Waals surface area (Å²) in [5.41, 5.74) is 4.43. The van der Waals surface area contributed by atoms with E-state index in [1.54, 1.807) is 0 Å². The van der Waals surface area contributed by atoms with Crippen LogP contribution in [0.4, 0.5) is 0 Å². The van der Waals surface area contributed by atoms with Gasteiger partial charge in [0.1, 0.15) is 6.61 Å². The second-order valence-electron chi connectivity index (χ2n) is 7.41. The van der Waals surface area contributed by atoms with Crippen LogP contribution in [0.15, 0.2) is 54.6 Å². The number of benzene rings is 3. The van der Waals surface area contributed by atoms with Crippen molar-refractivity contribution in [1.82, 2.24) is 5.32 Å². The first-order chi connectivity index (χ1) is 15.1. The van der Waals surface area contributed by atoms with Crippen LogP contribution in [-0.4, -0.2) is 13.4 Å². The summed E-state index contributed by atoms with van der Waals surface area (Å²) < 4.78 is 22.6. The Hall–Kier alpha value is -2.89. The number of hydrogen-bond donors (Lipinski definition) is 1. The summed E-state index contributed by atoms with van der Waals surface area (Å²) in [4.78, 5) is 0. The van der Waals surface area contributed by atoms with Gasteiger partial charge in [0, 0.05) is 13.1 Å². The summed E-state index contributed by atoms with van der Waals surface area (Å²) in [6, 6.07) is 18.1. The SMILES string of the molecule is CCOc1cc(CNCc2ccc3c(c2)OCO3)cc(Cl)c1OCc1cccc(C)c1. The highest BCUT2D eigenvalue weighted by Crippen LogP contribution is 2.37. The van der Waals surface area contributed by atoms with Gasteiger partial charge < -0.3 is 24.3 Å². The predicted octanol–water partition coefficient (Wildman–Crippen LogP) is 5.64. The average molecular weight is 440 g/mol. The minimum Gasteiger partial charge on any atom is -0.490 e. The molecule has 1 aliphatic rings. The Kier molecular flexibility index (Phi) is 6.85. The zero-order valence-electron chi connectivity index (χ0n) is 17.7. The Morgan fingerprint density at radius 2 is 1.74 bits per heavy atom. The lowest BCUT2D eigenvalue weighted by Gasteiger charge is -2.16. The Bertz CT molecular complexity index is 1050. The number of halogens is 1. The summed E-state index contributed by atoms with van der Waals surface area (Å²) in [5.74, 6) is 2.81. The molecular weight excluding hydrogens is 414 g/mol. The molecule has 0 radical (unpaired) electrons. The second kappa shape index (κ2) is 9.94. The molecule has 0 spiro atoms. The summed E-state index contributed by atoms with van der Waals surface area (Å²) in [6.07, 6.45) is 0. The predicted molar refractivity (Wildman–Crippen MR) is 121 cm³/mol. The van der Waals surface area contributed by atoms with Gasteiger partial charge in [-0.15, -0.1) is 0 Å². The van der Waals surface area contributed by atoms with Gasteiger partial charge in [-0.3, -0.25) is 0 Å². The molecule has 0 unspecified atom stereocenters. The first-order valence-electron chi connectivity index (χ1n) is 10.3. The van der Waals surface area contributed by atoms with Crippen LogP contribution in [0, 0.1) is 6.92 Å². The molecule has 0 fully saturated rings. The van der Waals surface area contributed by atoms with Crippen molar-refractivity contribution in [1.29, 1.82) is 0 Å². The zero-order chi connectivity index (χ0) is 21.6. The monoisotopic (exact) mass is 439 g/mol. The van der Waals surface area contributed by atoms with Gasteiger partial charge in [0.25, 0.3) is 0 Å². The summed E-state index contributed by atoms with van der Waals surface area (Å²) in [6.45, 7) is 6.60. The molecule has 0 aromatic heterocycles. The van der Waals surface area contributed by atoms with E-state index in [1.165, 1.54) is 5.56 Å². The topological polar surface area (TPSA) is 49.0 Å². The van der Waals surface area contributed by atoms with Gasteiger partial charge in [0.15, 0.2) is 23.0 Å². The molecule has 0 saturated heterocycles. The third-order valence-electron chi connectivity index (χ3n) is 4.93. The largest absolute Gasteiger partial charge is 0.490 e. The second-order valence-corrected chi connectivity index (χ2v) is 7.81. The lowest BCUT2D eigenvalue weighted by molar-refractivity contribution is 0.174. The molecule has 1 heterocycles. The van der Waals surface area contributed by atoms with E-state index in [0.717, 1.165) is 28.2 Å². The fourth-order valence-electron chi connectivity index (χ4n) is 3.49. The van der Waals surface area contributed by atoms with E-state index in [4.69, 9.17) is 30.5 Å². The Labute approximate surface area is 187 Å². The minimum absolute atomic E-state index is 0.281. The van der Waals surface area contributed by atoms with E-state index in [-0.39, 0.29) is 6.79 Å². The summed E-state index contributed by atoms with van der Waals surface area (Å²) >= 11 is 6.56. The molecule has 0 amide bonds. The van der Waals surface area contributed by atoms with Crippen molar-refractivity contribution in [3.63, 3.8) is 0 Å². The summed E-state index contributed by atoms with van der Waals surface area (Å²) in [5, 5.41) is 3.98. The van der Waals surface area contributed by atoms with Crippen molar-refractivity contribution in [3.05, 3.63) is 81.9 Å². The highest BCUT2D eigenvalue weighted by Gasteiger charge is 2.15. The third-order valence-corrected chi connectivity index (χ3v) is 5.21. The van der Waals surface area contributed by atoms with E-state index in [1.807, 2.05) is 49.4 Å². The first-order valence-corrected chi connectivity index (χ1v) is 10.7. The molecular formula is C25H26ClNO4. The van der Waals surface area contributed by atoms with Crippen molar-refractivity contribution in [2.45, 2.75) is 33.5 Å². The molecule has 162 valence electrons. The fraction of sp³-hybridized carbons (Fsp3) is 0.280. The van der Waals surface area contributed by atoms with E-state index < -0.39 is 0 Å². The van der Waals surface area contributed by atoms with Gasteiger partial charge in [0.2, 0.25) is 6.79 Å². The normalized spacial score (nSPS) is 12.1. The van der Waals surface area contributed by atoms with E-state index in [2.05, 4.69) is 24.4 Å². The lowest BCUT2D eigenvalue weighted by atomic mass is 10.1. The summed E-state index contributed by atoms with van der Waals surface area (Å²) in [7, 11) is 0. The highest BCUT2D eigenvalue weighted by molar-refractivity contribution is 6.32. The number of nitrogens with one attached hydrogen (secondary N) is 1. The Morgan fingerprint density at radius 3 is 2.58 bits per heavy atom. The Balaban J connectivity index is 1.41. The van der Waals surface area contributed by atoms with Crippen LogP contribution in [0.5, 0.6) is 23.0 Å². The third kappa shape index (κ3) is 5.43. The first kappa shape index (κ1) is 21.3. The maximum atomic E-state index is 6.56. The van der Waals surface area contributed by atoms with E-state index >= 15 is 0 Å². The van der Waals surface area contributed by atoms with Crippen molar-refractivity contribution in [2.75, 3.05) is 13.4 Å². The van der Waals surface area contributed by atoms with Gasteiger partial charge in [-0.25, -0.2) is 0 Å². The van der Waals surface area contributed by atoms with Gasteiger partial charge in [-0.05, 0) is 54.8 Å². The minimum atomic E-state index is 0.281. The lowest BCUT2D eigenvalue weighted by Crippen LogP contribution is -2.13. The fourth-order valence-corrected chi connectivity index (χ4v) is 3.77. The van der Waals surface area contributed by atoms with Gasteiger partial charge in [0.05, 0.1) is 11.6 Å². The molecule has 1 N–H and O–H groups in total. The molecule has 31 heavy (non-hydrogen) atoms. The molecule has 0 saturated carbocycles. The van der Waals surface area contributed by atoms with Crippen LogP contribution in [0.25, 0.3) is 0 Å². The van der Waals surface area contributed by atoms with Crippen LogP contribution in [0.2, 0.25) is 5.02 Å². The molecule has 3 aromatic carbocycles. The molecule has 0 bridgehead atoms. The maximum absolute atomic E-state index is 6.56. The van der Waals surface area contributed by atoms with Crippen LogP contribution in [0.1, 0.15) is 29.2 Å².